The van der Waals surface area contributed by atoms with E-state index >= 15 is 0 Å². The fourth-order valence-corrected chi connectivity index (χ4v) is 3.28. The molecule has 0 aliphatic carbocycles. The Balaban J connectivity index is 4.60. The van der Waals surface area contributed by atoms with Crippen LogP contribution in [0.15, 0.2) is 23.8 Å². The van der Waals surface area contributed by atoms with Gasteiger partial charge in [-0.25, -0.2) is 0 Å². The Morgan fingerprint density at radius 3 is 2.13 bits per heavy atom. The first-order valence-corrected chi connectivity index (χ1v) is 10.4. The summed E-state index contributed by atoms with van der Waals surface area (Å²) in [5.74, 6) is 2.34. The monoisotopic (exact) mass is 320 g/mol. The maximum Gasteiger partial charge on any atom is -0.0198 e. The number of hydrogen-bond acceptors (Lipinski definition) is 0. The third kappa shape index (κ3) is 11.6. The summed E-state index contributed by atoms with van der Waals surface area (Å²) < 4.78 is 0. The van der Waals surface area contributed by atoms with E-state index in [1.807, 2.05) is 0 Å². The van der Waals surface area contributed by atoms with E-state index in [2.05, 4.69) is 59.8 Å². The molecule has 0 aliphatic heterocycles. The topological polar surface area (TPSA) is 0 Å². The van der Waals surface area contributed by atoms with Crippen molar-refractivity contribution in [3.8, 4) is 0 Å². The highest BCUT2D eigenvalue weighted by atomic mass is 14.2. The van der Waals surface area contributed by atoms with E-state index in [1.54, 1.807) is 5.57 Å². The highest BCUT2D eigenvalue weighted by molar-refractivity contribution is 5.17. The molecule has 0 N–H and O–H groups in total. The minimum absolute atomic E-state index is 0.674. The molecule has 2 unspecified atom stereocenters. The Bertz CT molecular complexity index is 308. The maximum absolute atomic E-state index is 2.45. The van der Waals surface area contributed by atoms with Gasteiger partial charge in [0.2, 0.25) is 0 Å². The van der Waals surface area contributed by atoms with Gasteiger partial charge in [-0.15, -0.1) is 0 Å². The molecule has 0 bridgehead atoms. The van der Waals surface area contributed by atoms with Crippen molar-refractivity contribution >= 4 is 0 Å². The quantitative estimate of drug-likeness (QED) is 0.223. The molecular formula is C23H44. The lowest BCUT2D eigenvalue weighted by molar-refractivity contribution is 0.399. The molecule has 0 saturated carbocycles. The van der Waals surface area contributed by atoms with E-state index in [9.17, 15) is 0 Å². The van der Waals surface area contributed by atoms with Crippen LogP contribution >= 0.6 is 0 Å². The summed E-state index contributed by atoms with van der Waals surface area (Å²) in [5.41, 5.74) is 1.68. The fraction of sp³-hybridized carbons (Fsp3) is 0.826. The zero-order valence-corrected chi connectivity index (χ0v) is 17.0. The zero-order valence-electron chi connectivity index (χ0n) is 17.0. The highest BCUT2D eigenvalue weighted by Gasteiger charge is 2.16. The van der Waals surface area contributed by atoms with Crippen molar-refractivity contribution in [2.45, 2.75) is 106 Å². The standard InChI is InChI=1S/C23H44/c1-7-10-11-12-13-14-15-17-23(20(4)5)22(16-8-2)19-18-21(6)9-3/h14-15,17,20-22H,7-13,16,18-19H2,1-6H3. The lowest BCUT2D eigenvalue weighted by Crippen LogP contribution is -2.11. The molecule has 0 fully saturated rings. The Morgan fingerprint density at radius 2 is 1.57 bits per heavy atom. The average molecular weight is 321 g/mol. The van der Waals surface area contributed by atoms with Gasteiger partial charge in [0.15, 0.2) is 0 Å². The third-order valence-corrected chi connectivity index (χ3v) is 5.13. The molecule has 0 aromatic heterocycles. The van der Waals surface area contributed by atoms with Crippen LogP contribution < -0.4 is 0 Å². The van der Waals surface area contributed by atoms with Gasteiger partial charge in [-0.1, -0.05) is 104 Å². The van der Waals surface area contributed by atoms with Crippen molar-refractivity contribution in [1.29, 1.82) is 0 Å². The molecule has 0 saturated heterocycles. The van der Waals surface area contributed by atoms with Crippen LogP contribution in [0.5, 0.6) is 0 Å². The minimum atomic E-state index is 0.674. The summed E-state index contributed by atoms with van der Waals surface area (Å²) in [6, 6.07) is 0. The molecule has 136 valence electrons. The summed E-state index contributed by atoms with van der Waals surface area (Å²) in [5, 5.41) is 0. The molecule has 0 nitrogen and oxygen atoms in total. The first-order chi connectivity index (χ1) is 11.1. The average Bonchev–Trinajstić information content (AvgIpc) is 2.53. The van der Waals surface area contributed by atoms with E-state index < -0.39 is 0 Å². The first-order valence-electron chi connectivity index (χ1n) is 10.4. The van der Waals surface area contributed by atoms with Gasteiger partial charge in [0, 0.05) is 0 Å². The van der Waals surface area contributed by atoms with Gasteiger partial charge in [0.05, 0.1) is 0 Å². The van der Waals surface area contributed by atoms with Gasteiger partial charge in [-0.3, -0.25) is 0 Å². The second kappa shape index (κ2) is 15.0. The van der Waals surface area contributed by atoms with Gasteiger partial charge in [-0.05, 0) is 43.4 Å². The van der Waals surface area contributed by atoms with E-state index in [0.717, 1.165) is 11.8 Å². The van der Waals surface area contributed by atoms with Crippen molar-refractivity contribution in [1.82, 2.24) is 0 Å². The Kier molecular flexibility index (Phi) is 14.7. The predicted molar refractivity (Wildman–Crippen MR) is 108 cm³/mol. The maximum atomic E-state index is 2.45. The molecule has 0 aromatic rings. The molecule has 0 amide bonds. The third-order valence-electron chi connectivity index (χ3n) is 5.13. The zero-order chi connectivity index (χ0) is 17.5. The van der Waals surface area contributed by atoms with Crippen LogP contribution in [-0.2, 0) is 0 Å². The fourth-order valence-electron chi connectivity index (χ4n) is 3.28. The normalized spacial score (nSPS) is 15.5. The van der Waals surface area contributed by atoms with Crippen LogP contribution in [0.1, 0.15) is 106 Å². The van der Waals surface area contributed by atoms with Crippen LogP contribution in [0.4, 0.5) is 0 Å². The highest BCUT2D eigenvalue weighted by Crippen LogP contribution is 2.30. The van der Waals surface area contributed by atoms with Crippen molar-refractivity contribution in [2.24, 2.45) is 17.8 Å². The molecule has 0 spiro atoms. The SMILES string of the molecule is CCCCCCC=CC=C(C(C)C)C(CCC)CCC(C)CC. The second-order valence-electron chi connectivity index (χ2n) is 7.68. The molecule has 0 aromatic carbocycles. The molecule has 0 heterocycles. The van der Waals surface area contributed by atoms with E-state index in [1.165, 1.54) is 64.2 Å². The van der Waals surface area contributed by atoms with Gasteiger partial charge < -0.3 is 0 Å². The van der Waals surface area contributed by atoms with E-state index in [4.69, 9.17) is 0 Å². The number of hydrogen-bond donors (Lipinski definition) is 0. The van der Waals surface area contributed by atoms with Crippen LogP contribution in [0, 0.1) is 17.8 Å². The van der Waals surface area contributed by atoms with Crippen LogP contribution in [0.3, 0.4) is 0 Å². The Morgan fingerprint density at radius 1 is 0.826 bits per heavy atom. The molecule has 0 aliphatic rings. The Hall–Kier alpha value is -0.520. The summed E-state index contributed by atoms with van der Waals surface area (Å²) in [7, 11) is 0. The Labute approximate surface area is 147 Å². The van der Waals surface area contributed by atoms with Crippen LogP contribution in [-0.4, -0.2) is 0 Å². The van der Waals surface area contributed by atoms with Gasteiger partial charge in [0.25, 0.3) is 0 Å². The lowest BCUT2D eigenvalue weighted by atomic mass is 9.81. The summed E-state index contributed by atoms with van der Waals surface area (Å²) in [4.78, 5) is 0. The van der Waals surface area contributed by atoms with E-state index in [0.29, 0.717) is 5.92 Å². The molecule has 2 atom stereocenters. The van der Waals surface area contributed by atoms with Gasteiger partial charge in [0.1, 0.15) is 0 Å². The summed E-state index contributed by atoms with van der Waals surface area (Å²) in [6.45, 7) is 14.1. The number of rotatable bonds is 14. The largest absolute Gasteiger partial charge is 0.0845 e. The predicted octanol–water partition coefficient (Wildman–Crippen LogP) is 8.34. The number of allylic oxidation sites excluding steroid dienone is 4. The van der Waals surface area contributed by atoms with Crippen LogP contribution in [0.25, 0.3) is 0 Å². The molecule has 0 radical (unpaired) electrons. The first kappa shape index (κ1) is 22.5. The summed E-state index contributed by atoms with van der Waals surface area (Å²) in [6.07, 6.45) is 20.6. The molecule has 23 heavy (non-hydrogen) atoms. The molecular weight excluding hydrogens is 276 g/mol. The van der Waals surface area contributed by atoms with Crippen molar-refractivity contribution < 1.29 is 0 Å². The second-order valence-corrected chi connectivity index (χ2v) is 7.68. The van der Waals surface area contributed by atoms with Crippen molar-refractivity contribution in [3.63, 3.8) is 0 Å². The molecule has 0 heteroatoms. The van der Waals surface area contributed by atoms with Crippen molar-refractivity contribution in [3.05, 3.63) is 23.8 Å². The van der Waals surface area contributed by atoms with Crippen molar-refractivity contribution in [2.75, 3.05) is 0 Å². The van der Waals surface area contributed by atoms with Gasteiger partial charge in [-0.2, -0.15) is 0 Å². The van der Waals surface area contributed by atoms with E-state index in [-0.39, 0.29) is 0 Å². The smallest absolute Gasteiger partial charge is 0.0198 e. The van der Waals surface area contributed by atoms with Crippen LogP contribution in [0.2, 0.25) is 0 Å². The minimum Gasteiger partial charge on any atom is -0.0845 e. The van der Waals surface area contributed by atoms with Gasteiger partial charge >= 0.3 is 0 Å². The summed E-state index contributed by atoms with van der Waals surface area (Å²) >= 11 is 0. The number of unbranched alkanes of at least 4 members (excludes halogenated alkanes) is 4. The lowest BCUT2D eigenvalue weighted by Gasteiger charge is -2.24. The molecule has 0 rings (SSSR count).